The van der Waals surface area contributed by atoms with Gasteiger partial charge < -0.3 is 38.6 Å². The largest absolute Gasteiger partial charge is 0.464 e. The summed E-state index contributed by atoms with van der Waals surface area (Å²) in [6.45, 7) is 9.50. The molecule has 1 unspecified atom stereocenters. The molecule has 1 spiro atoms. The lowest BCUT2D eigenvalue weighted by Gasteiger charge is -2.66. The summed E-state index contributed by atoms with van der Waals surface area (Å²) < 4.78 is 37.4. The fourth-order valence-corrected chi connectivity index (χ4v) is 8.38. The van der Waals surface area contributed by atoms with Crippen molar-refractivity contribution in [2.75, 3.05) is 6.61 Å². The van der Waals surface area contributed by atoms with Crippen molar-refractivity contribution in [2.24, 2.45) is 17.3 Å². The number of benzene rings is 2. The molecule has 2 aromatic rings. The van der Waals surface area contributed by atoms with E-state index in [1.54, 1.807) is 64.1 Å². The fourth-order valence-electron chi connectivity index (χ4n) is 8.38. The summed E-state index contributed by atoms with van der Waals surface area (Å²) >= 11 is 0. The molecule has 2 bridgehead atoms. The number of carbonyl (C=O) groups excluding carboxylic acids is 5. The second-order valence-electron chi connectivity index (χ2n) is 14.5. The summed E-state index contributed by atoms with van der Waals surface area (Å²) in [4.78, 5) is 67.4. The Morgan fingerprint density at radius 3 is 1.80 bits per heavy atom. The Balaban J connectivity index is 1.87. The standard InChI is InChI=1S/C38H46O13/c1-8-21(2)32(42)46-20-37-29(49-33(43)24-15-11-9-12-16-24)26(41)19-36(7,45)38(37)30(48-23(4)40)27(35(5,6)51-38)28(47-22(3)39)31(37)50-34(44)25-17-13-10-14-18-25/h9-18,21,26-31,41,45H,8,19-20H2,1-7H3/t21?,26-,27+,28-,29-,30+,31+,36-,37-,38-/m0/s1. The van der Waals surface area contributed by atoms with Gasteiger partial charge in [-0.15, -0.1) is 0 Å². The van der Waals surface area contributed by atoms with E-state index in [9.17, 15) is 34.2 Å². The van der Waals surface area contributed by atoms with Crippen LogP contribution in [0.5, 0.6) is 0 Å². The van der Waals surface area contributed by atoms with Crippen molar-refractivity contribution in [1.82, 2.24) is 0 Å². The Morgan fingerprint density at radius 1 is 0.804 bits per heavy atom. The molecule has 51 heavy (non-hydrogen) atoms. The zero-order valence-electron chi connectivity index (χ0n) is 29.8. The summed E-state index contributed by atoms with van der Waals surface area (Å²) in [6, 6.07) is 15.8. The molecule has 1 saturated heterocycles. The van der Waals surface area contributed by atoms with E-state index >= 15 is 0 Å². The lowest BCUT2D eigenvalue weighted by atomic mass is 9.45. The molecule has 0 radical (unpaired) electrons. The van der Waals surface area contributed by atoms with E-state index in [4.69, 9.17) is 28.4 Å². The van der Waals surface area contributed by atoms with E-state index in [0.29, 0.717) is 6.42 Å². The molecule has 13 heteroatoms. The number of fused-ring (bicyclic) bond motifs is 1. The van der Waals surface area contributed by atoms with Gasteiger partial charge in [-0.3, -0.25) is 14.4 Å². The van der Waals surface area contributed by atoms with Gasteiger partial charge in [-0.2, -0.15) is 0 Å². The molecule has 2 saturated carbocycles. The zero-order chi connectivity index (χ0) is 37.5. The van der Waals surface area contributed by atoms with Crippen LogP contribution in [0.25, 0.3) is 0 Å². The molecule has 1 aliphatic heterocycles. The van der Waals surface area contributed by atoms with Crippen LogP contribution < -0.4 is 0 Å². The molecule has 1 heterocycles. The number of esters is 5. The van der Waals surface area contributed by atoms with Gasteiger partial charge in [0.1, 0.15) is 30.3 Å². The predicted molar refractivity (Wildman–Crippen MR) is 178 cm³/mol. The minimum atomic E-state index is -2.29. The average Bonchev–Trinajstić information content (AvgIpc) is 3.28. The molecule has 3 aliphatic rings. The van der Waals surface area contributed by atoms with Gasteiger partial charge in [0, 0.05) is 20.3 Å². The Labute approximate surface area is 296 Å². The highest BCUT2D eigenvalue weighted by atomic mass is 16.6. The summed E-state index contributed by atoms with van der Waals surface area (Å²) in [5.74, 6) is -5.86. The van der Waals surface area contributed by atoms with Crippen LogP contribution in [-0.2, 0) is 42.8 Å². The van der Waals surface area contributed by atoms with Gasteiger partial charge in [0.05, 0.1) is 40.3 Å². The topological polar surface area (TPSA) is 181 Å². The Morgan fingerprint density at radius 2 is 1.31 bits per heavy atom. The van der Waals surface area contributed by atoms with Gasteiger partial charge >= 0.3 is 29.8 Å². The van der Waals surface area contributed by atoms with Crippen molar-refractivity contribution in [3.05, 3.63) is 71.8 Å². The Kier molecular flexibility index (Phi) is 10.4. The van der Waals surface area contributed by atoms with E-state index < -0.39 is 107 Å². The molecular weight excluding hydrogens is 664 g/mol. The molecule has 10 atom stereocenters. The predicted octanol–water partition coefficient (Wildman–Crippen LogP) is 3.57. The van der Waals surface area contributed by atoms with Crippen LogP contribution in [0.15, 0.2) is 60.7 Å². The Hall–Kier alpha value is -4.33. The fraction of sp³-hybridized carbons (Fsp3) is 0.553. The Bertz CT molecular complexity index is 1640. The van der Waals surface area contributed by atoms with Crippen LogP contribution in [0.3, 0.4) is 0 Å². The molecule has 2 aliphatic carbocycles. The summed E-state index contributed by atoms with van der Waals surface area (Å²) in [5, 5.41) is 24.6. The van der Waals surface area contributed by atoms with Crippen LogP contribution in [0.2, 0.25) is 0 Å². The molecule has 3 fully saturated rings. The van der Waals surface area contributed by atoms with Crippen LogP contribution in [0, 0.1) is 17.3 Å². The van der Waals surface area contributed by atoms with Crippen molar-refractivity contribution in [2.45, 2.75) is 109 Å². The monoisotopic (exact) mass is 710 g/mol. The maximum Gasteiger partial charge on any atom is 0.338 e. The molecule has 2 aromatic carbocycles. The van der Waals surface area contributed by atoms with E-state index in [1.165, 1.54) is 31.2 Å². The van der Waals surface area contributed by atoms with Crippen molar-refractivity contribution < 1.29 is 62.6 Å². The van der Waals surface area contributed by atoms with E-state index in [-0.39, 0.29) is 11.1 Å². The van der Waals surface area contributed by atoms with Gasteiger partial charge in [-0.1, -0.05) is 50.2 Å². The van der Waals surface area contributed by atoms with Gasteiger partial charge in [0.25, 0.3) is 0 Å². The average molecular weight is 711 g/mol. The number of aliphatic hydroxyl groups is 2. The van der Waals surface area contributed by atoms with Crippen molar-refractivity contribution >= 4 is 29.8 Å². The van der Waals surface area contributed by atoms with Gasteiger partial charge in [-0.25, -0.2) is 9.59 Å². The normalized spacial score (nSPS) is 33.9. The number of carbonyl (C=O) groups is 5. The van der Waals surface area contributed by atoms with Crippen molar-refractivity contribution in [1.29, 1.82) is 0 Å². The highest BCUT2D eigenvalue weighted by molar-refractivity contribution is 5.90. The van der Waals surface area contributed by atoms with Crippen LogP contribution in [-0.4, -0.2) is 94.0 Å². The number of hydrogen-bond acceptors (Lipinski definition) is 13. The summed E-state index contributed by atoms with van der Waals surface area (Å²) in [6.07, 6.45) is -8.34. The highest BCUT2D eigenvalue weighted by Gasteiger charge is 2.88. The van der Waals surface area contributed by atoms with Crippen molar-refractivity contribution in [3.8, 4) is 0 Å². The number of aliphatic hydroxyl groups excluding tert-OH is 1. The molecule has 5 rings (SSSR count). The van der Waals surface area contributed by atoms with Gasteiger partial charge in [0.15, 0.2) is 11.7 Å². The minimum Gasteiger partial charge on any atom is -0.464 e. The second-order valence-corrected chi connectivity index (χ2v) is 14.5. The molecular formula is C38H46O13. The van der Waals surface area contributed by atoms with Crippen LogP contribution in [0.4, 0.5) is 0 Å². The van der Waals surface area contributed by atoms with E-state index in [2.05, 4.69) is 0 Å². The number of rotatable bonds is 10. The third-order valence-corrected chi connectivity index (χ3v) is 10.6. The third kappa shape index (κ3) is 6.40. The first-order valence-corrected chi connectivity index (χ1v) is 17.1. The first-order valence-electron chi connectivity index (χ1n) is 17.1. The third-order valence-electron chi connectivity index (χ3n) is 10.6. The molecule has 2 N–H and O–H groups in total. The quantitative estimate of drug-likeness (QED) is 0.270. The van der Waals surface area contributed by atoms with Crippen LogP contribution in [0.1, 0.15) is 82.0 Å². The maximum absolute atomic E-state index is 14.1. The molecule has 0 aromatic heterocycles. The van der Waals surface area contributed by atoms with Gasteiger partial charge in [-0.05, 0) is 51.5 Å². The molecule has 0 amide bonds. The highest BCUT2D eigenvalue weighted by Crippen LogP contribution is 2.69. The number of ether oxygens (including phenoxy) is 6. The zero-order valence-corrected chi connectivity index (χ0v) is 29.8. The SMILES string of the molecule is CCC(C)C(=O)OC[C@]12[C@H](OC(=O)c3ccccc3)[C@@H](OC(C)=O)[C@@H]3[C@@H](OC(C)=O)[C@]1(OC3(C)C)[C@@](C)(O)C[C@H](O)[C@@H]2OC(=O)c1ccccc1. The smallest absolute Gasteiger partial charge is 0.338 e. The van der Waals surface area contributed by atoms with Gasteiger partial charge in [0.2, 0.25) is 0 Å². The summed E-state index contributed by atoms with van der Waals surface area (Å²) in [5.41, 5.74) is -7.91. The molecule has 13 nitrogen and oxygen atoms in total. The maximum atomic E-state index is 14.1. The van der Waals surface area contributed by atoms with E-state index in [1.807, 2.05) is 0 Å². The summed E-state index contributed by atoms with van der Waals surface area (Å²) in [7, 11) is 0. The van der Waals surface area contributed by atoms with Crippen molar-refractivity contribution in [3.63, 3.8) is 0 Å². The van der Waals surface area contributed by atoms with Crippen LogP contribution >= 0.6 is 0 Å². The first-order chi connectivity index (χ1) is 23.9. The lowest BCUT2D eigenvalue weighted by Crippen LogP contribution is -2.85. The second kappa shape index (κ2) is 14.0. The van der Waals surface area contributed by atoms with E-state index in [0.717, 1.165) is 13.8 Å². The lowest BCUT2D eigenvalue weighted by molar-refractivity contribution is -0.361. The molecule has 276 valence electrons. The number of hydrogen-bond donors (Lipinski definition) is 2. The first kappa shape index (κ1) is 37.9. The minimum absolute atomic E-state index is 0.0927.